The van der Waals surface area contributed by atoms with Crippen LogP contribution >= 0.6 is 0 Å². The lowest BCUT2D eigenvalue weighted by molar-refractivity contribution is -0.244. The van der Waals surface area contributed by atoms with Crippen molar-refractivity contribution in [3.05, 3.63) is 59.7 Å². The summed E-state index contributed by atoms with van der Waals surface area (Å²) in [5, 5.41) is 0.934. The lowest BCUT2D eigenvalue weighted by atomic mass is 10.1. The van der Waals surface area contributed by atoms with Crippen LogP contribution in [0.1, 0.15) is 31.9 Å². The summed E-state index contributed by atoms with van der Waals surface area (Å²) in [6.45, 7) is 5.48. The molecule has 4 nitrogen and oxygen atoms in total. The third kappa shape index (κ3) is 3.79. The summed E-state index contributed by atoms with van der Waals surface area (Å²) in [5.74, 6) is 0.917. The molecule has 0 spiro atoms. The topological polar surface area (TPSA) is 38.8 Å². The Morgan fingerprint density at radius 1 is 0.864 bits per heavy atom. The van der Waals surface area contributed by atoms with E-state index in [9.17, 15) is 4.79 Å². The van der Waals surface area contributed by atoms with Gasteiger partial charge in [-0.3, -0.25) is 4.79 Å². The molecule has 2 aromatic carbocycles. The van der Waals surface area contributed by atoms with Gasteiger partial charge in [-0.25, -0.2) is 0 Å². The molecule has 0 aliphatic heterocycles. The number of benzene rings is 2. The van der Waals surface area contributed by atoms with Crippen LogP contribution in [0.3, 0.4) is 0 Å². The molecule has 2 aromatic rings. The number of aryl methyl sites for hydroxylation is 2. The van der Waals surface area contributed by atoms with Crippen LogP contribution in [0, 0.1) is 0 Å². The molecule has 0 heterocycles. The van der Waals surface area contributed by atoms with E-state index in [1.165, 1.54) is 6.92 Å². The second-order valence-electron chi connectivity index (χ2n) is 4.88. The van der Waals surface area contributed by atoms with Crippen LogP contribution in [0.4, 0.5) is 0 Å². The molecule has 0 atom stereocenters. The van der Waals surface area contributed by atoms with E-state index in [2.05, 4.69) is 0 Å². The van der Waals surface area contributed by atoms with E-state index in [1.807, 2.05) is 62.4 Å². The van der Waals surface area contributed by atoms with E-state index in [-0.39, 0.29) is 5.91 Å². The van der Waals surface area contributed by atoms with Gasteiger partial charge < -0.3 is 9.68 Å². The quantitative estimate of drug-likeness (QED) is 0.758. The van der Waals surface area contributed by atoms with Crippen LogP contribution in [0.2, 0.25) is 0 Å². The third-order valence-electron chi connectivity index (χ3n) is 3.33. The Bertz CT molecular complexity index is 590. The highest BCUT2D eigenvalue weighted by Gasteiger charge is 2.17. The normalized spacial score (nSPS) is 10.1. The van der Waals surface area contributed by atoms with Crippen molar-refractivity contribution < 1.29 is 14.5 Å². The van der Waals surface area contributed by atoms with Gasteiger partial charge in [-0.1, -0.05) is 50.2 Å². The minimum Gasteiger partial charge on any atom is -0.343 e. The molecule has 0 unspecified atom stereocenters. The van der Waals surface area contributed by atoms with Gasteiger partial charge in [0.05, 0.1) is 0 Å². The van der Waals surface area contributed by atoms with Gasteiger partial charge in [0.15, 0.2) is 11.5 Å². The zero-order chi connectivity index (χ0) is 15.9. The second-order valence-corrected chi connectivity index (χ2v) is 4.88. The number of hydrogen-bond donors (Lipinski definition) is 0. The molecule has 0 bridgehead atoms. The summed E-state index contributed by atoms with van der Waals surface area (Å²) >= 11 is 0. The molecule has 116 valence electrons. The summed E-state index contributed by atoms with van der Waals surface area (Å²) in [4.78, 5) is 23.2. The van der Waals surface area contributed by atoms with Crippen molar-refractivity contribution in [1.29, 1.82) is 0 Å². The van der Waals surface area contributed by atoms with Crippen molar-refractivity contribution in [3.63, 3.8) is 0 Å². The summed E-state index contributed by atoms with van der Waals surface area (Å²) in [6.07, 6.45) is 1.63. The van der Waals surface area contributed by atoms with Gasteiger partial charge in [0.2, 0.25) is 0 Å². The summed E-state index contributed by atoms with van der Waals surface area (Å²) in [7, 11) is 0. The Hall–Kier alpha value is -2.49. The van der Waals surface area contributed by atoms with Gasteiger partial charge in [0.25, 0.3) is 5.91 Å². The van der Waals surface area contributed by atoms with Crippen LogP contribution < -0.4 is 9.68 Å². The SMILES string of the molecule is CCc1ccccc1ON(Oc1ccccc1CC)C(C)=O. The fourth-order valence-corrected chi connectivity index (χ4v) is 2.10. The zero-order valence-electron chi connectivity index (χ0n) is 13.2. The van der Waals surface area contributed by atoms with E-state index in [0.717, 1.165) is 29.2 Å². The first kappa shape index (κ1) is 15.9. The van der Waals surface area contributed by atoms with Gasteiger partial charge in [-0.2, -0.15) is 0 Å². The average molecular weight is 299 g/mol. The van der Waals surface area contributed by atoms with Crippen LogP contribution in [0.15, 0.2) is 48.5 Å². The van der Waals surface area contributed by atoms with Gasteiger partial charge in [0, 0.05) is 12.2 Å². The molecule has 0 aliphatic carbocycles. The van der Waals surface area contributed by atoms with Crippen LogP contribution in [0.5, 0.6) is 11.5 Å². The highest BCUT2D eigenvalue weighted by molar-refractivity contribution is 5.71. The monoisotopic (exact) mass is 299 g/mol. The molecule has 0 fully saturated rings. The number of amides is 1. The molecule has 0 N–H and O–H groups in total. The summed E-state index contributed by atoms with van der Waals surface area (Å²) in [6, 6.07) is 15.2. The van der Waals surface area contributed by atoms with Crippen molar-refractivity contribution in [2.45, 2.75) is 33.6 Å². The van der Waals surface area contributed by atoms with Gasteiger partial charge in [-0.15, -0.1) is 0 Å². The molecule has 0 radical (unpaired) electrons. The fourth-order valence-electron chi connectivity index (χ4n) is 2.10. The first-order valence-corrected chi connectivity index (χ1v) is 7.48. The van der Waals surface area contributed by atoms with E-state index in [4.69, 9.17) is 9.68 Å². The minimum atomic E-state index is -0.322. The number of hydrogen-bond acceptors (Lipinski definition) is 3. The molecule has 22 heavy (non-hydrogen) atoms. The first-order valence-electron chi connectivity index (χ1n) is 7.48. The third-order valence-corrected chi connectivity index (χ3v) is 3.33. The van der Waals surface area contributed by atoms with E-state index < -0.39 is 0 Å². The standard InChI is InChI=1S/C18H21NO3/c1-4-15-10-6-8-12-17(15)21-19(14(3)20)22-18-13-9-7-11-16(18)5-2/h6-13H,4-5H2,1-3H3. The molecule has 0 aromatic heterocycles. The molecular formula is C18H21NO3. The molecular weight excluding hydrogens is 278 g/mol. The average Bonchev–Trinajstić information content (AvgIpc) is 2.55. The second kappa shape index (κ2) is 7.50. The zero-order valence-corrected chi connectivity index (χ0v) is 13.2. The lowest BCUT2D eigenvalue weighted by Gasteiger charge is -2.22. The predicted molar refractivity (Wildman–Crippen MR) is 85.4 cm³/mol. The van der Waals surface area contributed by atoms with Crippen LogP contribution in [-0.4, -0.2) is 11.1 Å². The Morgan fingerprint density at radius 3 is 1.64 bits per heavy atom. The predicted octanol–water partition coefficient (Wildman–Crippen LogP) is 3.95. The maximum absolute atomic E-state index is 11.8. The number of hydroxylamine groups is 2. The first-order chi connectivity index (χ1) is 10.7. The van der Waals surface area contributed by atoms with Crippen molar-refractivity contribution in [2.24, 2.45) is 0 Å². The maximum atomic E-state index is 11.8. The molecule has 0 aliphatic rings. The molecule has 0 saturated heterocycles. The van der Waals surface area contributed by atoms with Gasteiger partial charge in [0.1, 0.15) is 0 Å². The Labute approximate surface area is 131 Å². The van der Waals surface area contributed by atoms with Crippen LogP contribution in [0.25, 0.3) is 0 Å². The van der Waals surface area contributed by atoms with E-state index in [0.29, 0.717) is 11.5 Å². The largest absolute Gasteiger partial charge is 0.343 e. The van der Waals surface area contributed by atoms with Crippen molar-refractivity contribution in [1.82, 2.24) is 5.23 Å². The number of carbonyl (C=O) groups excluding carboxylic acids is 1. The Balaban J connectivity index is 2.22. The smallest absolute Gasteiger partial charge is 0.293 e. The highest BCUT2D eigenvalue weighted by atomic mass is 17.0. The molecule has 4 heteroatoms. The number of para-hydroxylation sites is 2. The highest BCUT2D eigenvalue weighted by Crippen LogP contribution is 2.23. The Morgan fingerprint density at radius 2 is 1.27 bits per heavy atom. The van der Waals surface area contributed by atoms with E-state index in [1.54, 1.807) is 0 Å². The Kier molecular flexibility index (Phi) is 5.42. The number of rotatable bonds is 6. The van der Waals surface area contributed by atoms with Gasteiger partial charge >= 0.3 is 0 Å². The molecule has 0 saturated carbocycles. The fraction of sp³-hybridized carbons (Fsp3) is 0.278. The van der Waals surface area contributed by atoms with Crippen LogP contribution in [-0.2, 0) is 17.6 Å². The maximum Gasteiger partial charge on any atom is 0.293 e. The molecule has 1 amide bonds. The number of carbonyl (C=O) groups is 1. The van der Waals surface area contributed by atoms with E-state index >= 15 is 0 Å². The molecule has 2 rings (SSSR count). The minimum absolute atomic E-state index is 0.322. The lowest BCUT2D eigenvalue weighted by Crippen LogP contribution is -2.36. The summed E-state index contributed by atoms with van der Waals surface area (Å²) < 4.78 is 0. The van der Waals surface area contributed by atoms with Crippen molar-refractivity contribution in [2.75, 3.05) is 0 Å². The van der Waals surface area contributed by atoms with Crippen molar-refractivity contribution >= 4 is 5.91 Å². The number of nitrogens with zero attached hydrogens (tertiary/aromatic N) is 1. The van der Waals surface area contributed by atoms with Crippen molar-refractivity contribution in [3.8, 4) is 11.5 Å². The van der Waals surface area contributed by atoms with Gasteiger partial charge in [-0.05, 0) is 36.1 Å². The summed E-state index contributed by atoms with van der Waals surface area (Å²) in [5.41, 5.74) is 2.03.